The smallest absolute Gasteiger partial charge is 0.338 e. The van der Waals surface area contributed by atoms with Crippen molar-refractivity contribution in [1.29, 1.82) is 0 Å². The second-order valence-electron chi connectivity index (χ2n) is 5.50. The number of esters is 1. The number of carbonyl (C=O) groups is 2. The van der Waals surface area contributed by atoms with Crippen LogP contribution >= 0.6 is 11.6 Å². The van der Waals surface area contributed by atoms with Crippen molar-refractivity contribution in [3.8, 4) is 11.3 Å². The molecule has 0 saturated heterocycles. The predicted octanol–water partition coefficient (Wildman–Crippen LogP) is 3.79. The Balaban J connectivity index is 1.98. The van der Waals surface area contributed by atoms with E-state index < -0.39 is 18.0 Å². The summed E-state index contributed by atoms with van der Waals surface area (Å²) in [6, 6.07) is 9.60. The van der Waals surface area contributed by atoms with Crippen molar-refractivity contribution in [2.45, 2.75) is 19.9 Å². The molecule has 1 aromatic carbocycles. The van der Waals surface area contributed by atoms with Gasteiger partial charge in [0.25, 0.3) is 0 Å². The maximum Gasteiger partial charge on any atom is 0.338 e. The first-order chi connectivity index (χ1) is 12.0. The first kappa shape index (κ1) is 17.1. The van der Waals surface area contributed by atoms with Crippen LogP contribution < -0.4 is 10.6 Å². The Bertz CT molecular complexity index is 856. The van der Waals surface area contributed by atoms with E-state index in [-0.39, 0.29) is 6.61 Å². The zero-order valence-corrected chi connectivity index (χ0v) is 14.5. The summed E-state index contributed by atoms with van der Waals surface area (Å²) in [5, 5.41) is 5.88. The minimum atomic E-state index is -0.722. The Morgan fingerprint density at radius 3 is 2.84 bits per heavy atom. The van der Waals surface area contributed by atoms with Crippen LogP contribution in [-0.2, 0) is 9.53 Å². The summed E-state index contributed by atoms with van der Waals surface area (Å²) in [4.78, 5) is 24.1. The summed E-state index contributed by atoms with van der Waals surface area (Å²) >= 11 is 6.01. The highest BCUT2D eigenvalue weighted by Gasteiger charge is 2.34. The molecule has 0 unspecified atom stereocenters. The fourth-order valence-electron chi connectivity index (χ4n) is 2.69. The number of benzene rings is 1. The highest BCUT2D eigenvalue weighted by Crippen LogP contribution is 2.32. The number of hydrogen-bond donors (Lipinski definition) is 2. The molecule has 1 aliphatic heterocycles. The molecule has 0 fully saturated rings. The van der Waals surface area contributed by atoms with Crippen molar-refractivity contribution in [2.24, 2.45) is 0 Å². The maximum absolute atomic E-state index is 12.3. The van der Waals surface area contributed by atoms with Crippen molar-refractivity contribution >= 4 is 23.6 Å². The Morgan fingerprint density at radius 1 is 1.32 bits per heavy atom. The molecule has 2 aromatic rings. The van der Waals surface area contributed by atoms with Gasteiger partial charge in [0.1, 0.15) is 17.6 Å². The molecule has 25 heavy (non-hydrogen) atoms. The molecule has 2 amide bonds. The van der Waals surface area contributed by atoms with E-state index in [1.54, 1.807) is 38.1 Å². The Morgan fingerprint density at radius 2 is 2.12 bits per heavy atom. The number of halogens is 1. The third kappa shape index (κ3) is 3.53. The average Bonchev–Trinajstić information content (AvgIpc) is 3.04. The average molecular weight is 361 g/mol. The molecule has 1 aromatic heterocycles. The molecule has 2 heterocycles. The molecule has 7 heteroatoms. The molecule has 1 atom stereocenters. The van der Waals surface area contributed by atoms with Gasteiger partial charge in [-0.2, -0.15) is 0 Å². The van der Waals surface area contributed by atoms with E-state index in [2.05, 4.69) is 10.6 Å². The molecule has 0 saturated carbocycles. The summed E-state index contributed by atoms with van der Waals surface area (Å²) in [6.07, 6.45) is 0. The SMILES string of the molecule is CCOC(=O)C1=C(C)NC(=O)N[C@H]1c1ccc(-c2cccc(Cl)c2)o1. The summed E-state index contributed by atoms with van der Waals surface area (Å²) < 4.78 is 11.0. The van der Waals surface area contributed by atoms with Crippen molar-refractivity contribution in [3.63, 3.8) is 0 Å². The lowest BCUT2D eigenvalue weighted by atomic mass is 10.0. The Kier molecular flexibility index (Phi) is 4.81. The van der Waals surface area contributed by atoms with Crippen LogP contribution in [-0.4, -0.2) is 18.6 Å². The van der Waals surface area contributed by atoms with Crippen LogP contribution in [0.15, 0.2) is 52.1 Å². The van der Waals surface area contributed by atoms with Gasteiger partial charge < -0.3 is 19.8 Å². The molecule has 3 rings (SSSR count). The lowest BCUT2D eigenvalue weighted by Gasteiger charge is -2.26. The van der Waals surface area contributed by atoms with Crippen LogP contribution in [0.2, 0.25) is 5.02 Å². The minimum Gasteiger partial charge on any atom is -0.463 e. The van der Waals surface area contributed by atoms with Crippen LogP contribution in [0.25, 0.3) is 11.3 Å². The summed E-state index contributed by atoms with van der Waals surface area (Å²) in [6.45, 7) is 3.61. The van der Waals surface area contributed by atoms with Crippen LogP contribution in [0.3, 0.4) is 0 Å². The van der Waals surface area contributed by atoms with Crippen molar-refractivity contribution in [3.05, 3.63) is 58.5 Å². The molecule has 0 bridgehead atoms. The normalized spacial score (nSPS) is 17.1. The van der Waals surface area contributed by atoms with Gasteiger partial charge in [-0.15, -0.1) is 0 Å². The van der Waals surface area contributed by atoms with Gasteiger partial charge in [-0.05, 0) is 38.1 Å². The topological polar surface area (TPSA) is 80.6 Å². The van der Waals surface area contributed by atoms with Gasteiger partial charge in [0, 0.05) is 16.3 Å². The molecular weight excluding hydrogens is 344 g/mol. The van der Waals surface area contributed by atoms with E-state index in [1.807, 2.05) is 12.1 Å². The van der Waals surface area contributed by atoms with Crippen LogP contribution in [0.5, 0.6) is 0 Å². The number of carbonyl (C=O) groups excluding carboxylic acids is 2. The van der Waals surface area contributed by atoms with Gasteiger partial charge in [0.15, 0.2) is 0 Å². The van der Waals surface area contributed by atoms with E-state index in [1.165, 1.54) is 0 Å². The summed E-state index contributed by atoms with van der Waals surface area (Å²) in [5.41, 5.74) is 1.55. The number of hydrogen-bond acceptors (Lipinski definition) is 4. The predicted molar refractivity (Wildman–Crippen MR) is 92.9 cm³/mol. The fraction of sp³-hybridized carbons (Fsp3) is 0.222. The molecule has 130 valence electrons. The standard InChI is InChI=1S/C18H17ClN2O4/c1-3-24-17(22)15-10(2)20-18(23)21-16(15)14-8-7-13(25-14)11-5-4-6-12(19)9-11/h4-9,16H,3H2,1-2H3,(H2,20,21,23)/t16-/m0/s1. The van der Waals surface area contributed by atoms with Crippen molar-refractivity contribution < 1.29 is 18.7 Å². The molecule has 1 aliphatic rings. The zero-order valence-electron chi connectivity index (χ0n) is 13.8. The van der Waals surface area contributed by atoms with Crippen LogP contribution in [0, 0.1) is 0 Å². The number of ether oxygens (including phenoxy) is 1. The molecule has 0 radical (unpaired) electrons. The number of allylic oxidation sites excluding steroid dienone is 1. The highest BCUT2D eigenvalue weighted by molar-refractivity contribution is 6.30. The molecular formula is C18H17ClN2O4. The highest BCUT2D eigenvalue weighted by atomic mass is 35.5. The first-order valence-electron chi connectivity index (χ1n) is 7.80. The Labute approximate surface area is 149 Å². The summed E-state index contributed by atoms with van der Waals surface area (Å²) in [7, 11) is 0. The van der Waals surface area contributed by atoms with Gasteiger partial charge in [0.05, 0.1) is 12.2 Å². The third-order valence-corrected chi connectivity index (χ3v) is 4.02. The largest absolute Gasteiger partial charge is 0.463 e. The van der Waals surface area contributed by atoms with Gasteiger partial charge in [0.2, 0.25) is 0 Å². The second kappa shape index (κ2) is 7.03. The molecule has 2 N–H and O–H groups in total. The van der Waals surface area contributed by atoms with Crippen LogP contribution in [0.4, 0.5) is 4.79 Å². The lowest BCUT2D eigenvalue weighted by Crippen LogP contribution is -2.45. The number of amides is 2. The van der Waals surface area contributed by atoms with E-state index in [0.717, 1.165) is 5.56 Å². The van der Waals surface area contributed by atoms with E-state index in [4.69, 9.17) is 20.8 Å². The van der Waals surface area contributed by atoms with Crippen LogP contribution in [0.1, 0.15) is 25.6 Å². The molecule has 6 nitrogen and oxygen atoms in total. The minimum absolute atomic E-state index is 0.238. The Hall–Kier alpha value is -2.73. The molecule has 0 spiro atoms. The quantitative estimate of drug-likeness (QED) is 0.813. The summed E-state index contributed by atoms with van der Waals surface area (Å²) in [5.74, 6) is 0.525. The van der Waals surface area contributed by atoms with Crippen molar-refractivity contribution in [2.75, 3.05) is 6.61 Å². The number of urea groups is 1. The maximum atomic E-state index is 12.3. The van der Waals surface area contributed by atoms with Gasteiger partial charge >= 0.3 is 12.0 Å². The van der Waals surface area contributed by atoms with Crippen molar-refractivity contribution in [1.82, 2.24) is 10.6 Å². The van der Waals surface area contributed by atoms with Gasteiger partial charge in [-0.25, -0.2) is 9.59 Å². The van der Waals surface area contributed by atoms with E-state index in [9.17, 15) is 9.59 Å². The van der Waals surface area contributed by atoms with E-state index >= 15 is 0 Å². The lowest BCUT2D eigenvalue weighted by molar-refractivity contribution is -0.139. The third-order valence-electron chi connectivity index (χ3n) is 3.78. The van der Waals surface area contributed by atoms with Gasteiger partial charge in [-0.1, -0.05) is 23.7 Å². The number of rotatable bonds is 4. The van der Waals surface area contributed by atoms with Gasteiger partial charge in [-0.3, -0.25) is 0 Å². The number of nitrogens with one attached hydrogen (secondary N) is 2. The monoisotopic (exact) mass is 360 g/mol. The second-order valence-corrected chi connectivity index (χ2v) is 5.94. The fourth-order valence-corrected chi connectivity index (χ4v) is 2.88. The number of furan rings is 1. The first-order valence-corrected chi connectivity index (χ1v) is 8.18. The molecule has 0 aliphatic carbocycles. The van der Waals surface area contributed by atoms with E-state index in [0.29, 0.717) is 27.8 Å². The zero-order chi connectivity index (χ0) is 18.0.